The van der Waals surface area contributed by atoms with E-state index < -0.39 is 5.97 Å². The first-order valence-corrected chi connectivity index (χ1v) is 3.79. The van der Waals surface area contributed by atoms with Gasteiger partial charge in [-0.05, 0) is 5.92 Å². The van der Waals surface area contributed by atoms with E-state index in [2.05, 4.69) is 5.32 Å². The van der Waals surface area contributed by atoms with Crippen molar-refractivity contribution in [3.05, 3.63) is 11.6 Å². The highest BCUT2D eigenvalue weighted by molar-refractivity contribution is 5.88. The van der Waals surface area contributed by atoms with Crippen LogP contribution in [-0.4, -0.2) is 23.7 Å². The zero-order valence-electron chi connectivity index (χ0n) is 6.79. The molecule has 1 atom stereocenters. The fraction of sp³-hybridized carbons (Fsp3) is 0.625. The molecule has 1 aliphatic rings. The van der Waals surface area contributed by atoms with Gasteiger partial charge in [-0.2, -0.15) is 0 Å². The second-order valence-corrected chi connectivity index (χ2v) is 3.09. The highest BCUT2D eigenvalue weighted by Gasteiger charge is 2.26. The van der Waals surface area contributed by atoms with Gasteiger partial charge in [-0.25, -0.2) is 4.79 Å². The van der Waals surface area contributed by atoms with Gasteiger partial charge in [0.1, 0.15) is 0 Å². The molecule has 1 aliphatic heterocycles. The Balaban J connectivity index is 2.71. The maximum atomic E-state index is 10.6. The van der Waals surface area contributed by atoms with E-state index in [9.17, 15) is 4.79 Å². The standard InChI is InChI=1S/C8H13NO2/c1-5(2)7-6(8(10)11)3-4-9-7/h3,5,7,9H,4H2,1-2H3,(H,10,11)/t7-/m0/s1. The van der Waals surface area contributed by atoms with Crippen LogP contribution >= 0.6 is 0 Å². The molecule has 0 saturated heterocycles. The molecular formula is C8H13NO2. The molecule has 3 heteroatoms. The van der Waals surface area contributed by atoms with Crippen LogP contribution < -0.4 is 5.32 Å². The van der Waals surface area contributed by atoms with E-state index in [1.54, 1.807) is 6.08 Å². The minimum Gasteiger partial charge on any atom is -0.478 e. The molecule has 0 aromatic rings. The average molecular weight is 155 g/mol. The normalized spacial score (nSPS) is 23.9. The van der Waals surface area contributed by atoms with Crippen LogP contribution in [0.3, 0.4) is 0 Å². The Morgan fingerprint density at radius 2 is 2.45 bits per heavy atom. The van der Waals surface area contributed by atoms with Gasteiger partial charge in [-0.3, -0.25) is 0 Å². The molecule has 1 heterocycles. The van der Waals surface area contributed by atoms with Crippen LogP contribution in [0.1, 0.15) is 13.8 Å². The zero-order valence-corrected chi connectivity index (χ0v) is 6.79. The lowest BCUT2D eigenvalue weighted by Gasteiger charge is -2.16. The predicted molar refractivity (Wildman–Crippen MR) is 42.3 cm³/mol. The van der Waals surface area contributed by atoms with E-state index in [0.29, 0.717) is 18.0 Å². The molecule has 2 N–H and O–H groups in total. The highest BCUT2D eigenvalue weighted by atomic mass is 16.4. The molecule has 0 amide bonds. The van der Waals surface area contributed by atoms with Crippen LogP contribution in [0.4, 0.5) is 0 Å². The fourth-order valence-corrected chi connectivity index (χ4v) is 1.35. The van der Waals surface area contributed by atoms with Crippen molar-refractivity contribution < 1.29 is 9.90 Å². The summed E-state index contributed by atoms with van der Waals surface area (Å²) >= 11 is 0. The Hall–Kier alpha value is -0.830. The lowest BCUT2D eigenvalue weighted by atomic mass is 9.98. The Kier molecular flexibility index (Phi) is 2.29. The Morgan fingerprint density at radius 3 is 2.82 bits per heavy atom. The molecule has 0 spiro atoms. The topological polar surface area (TPSA) is 49.3 Å². The molecule has 62 valence electrons. The van der Waals surface area contributed by atoms with Gasteiger partial charge in [-0.15, -0.1) is 0 Å². The Morgan fingerprint density at radius 1 is 1.82 bits per heavy atom. The van der Waals surface area contributed by atoms with E-state index in [4.69, 9.17) is 5.11 Å². The maximum absolute atomic E-state index is 10.6. The van der Waals surface area contributed by atoms with Gasteiger partial charge in [0.15, 0.2) is 0 Å². The third-order valence-electron chi connectivity index (χ3n) is 1.91. The number of rotatable bonds is 2. The number of hydrogen-bond acceptors (Lipinski definition) is 2. The molecule has 0 bridgehead atoms. The Bertz CT molecular complexity index is 196. The van der Waals surface area contributed by atoms with Gasteiger partial charge in [-0.1, -0.05) is 19.9 Å². The van der Waals surface area contributed by atoms with Gasteiger partial charge < -0.3 is 10.4 Å². The summed E-state index contributed by atoms with van der Waals surface area (Å²) in [5, 5.41) is 11.8. The summed E-state index contributed by atoms with van der Waals surface area (Å²) in [5.41, 5.74) is 0.514. The largest absolute Gasteiger partial charge is 0.478 e. The van der Waals surface area contributed by atoms with Crippen molar-refractivity contribution in [3.63, 3.8) is 0 Å². The van der Waals surface area contributed by atoms with E-state index in [1.807, 2.05) is 13.8 Å². The predicted octanol–water partition coefficient (Wildman–Crippen LogP) is 0.625. The molecule has 0 fully saturated rings. The molecule has 0 unspecified atom stereocenters. The fourth-order valence-electron chi connectivity index (χ4n) is 1.35. The third kappa shape index (κ3) is 1.60. The second kappa shape index (κ2) is 3.05. The average Bonchev–Trinajstić information content (AvgIpc) is 2.32. The molecule has 0 aromatic heterocycles. The Labute approximate surface area is 66.1 Å². The van der Waals surface area contributed by atoms with E-state index >= 15 is 0 Å². The van der Waals surface area contributed by atoms with Crippen molar-refractivity contribution in [2.75, 3.05) is 6.54 Å². The number of hydrogen-bond donors (Lipinski definition) is 2. The smallest absolute Gasteiger partial charge is 0.332 e. The molecule has 0 aromatic carbocycles. The van der Waals surface area contributed by atoms with E-state index in [-0.39, 0.29) is 6.04 Å². The first-order valence-electron chi connectivity index (χ1n) is 3.79. The first kappa shape index (κ1) is 8.27. The van der Waals surface area contributed by atoms with E-state index in [0.717, 1.165) is 0 Å². The van der Waals surface area contributed by atoms with Gasteiger partial charge >= 0.3 is 5.97 Å². The summed E-state index contributed by atoms with van der Waals surface area (Å²) in [5.74, 6) is -0.450. The van der Waals surface area contributed by atoms with Crippen molar-refractivity contribution in [1.29, 1.82) is 0 Å². The number of nitrogens with one attached hydrogen (secondary N) is 1. The van der Waals surface area contributed by atoms with Crippen LogP contribution in [0.15, 0.2) is 11.6 Å². The van der Waals surface area contributed by atoms with Gasteiger partial charge in [0, 0.05) is 12.6 Å². The van der Waals surface area contributed by atoms with Crippen LogP contribution in [0.2, 0.25) is 0 Å². The minimum atomic E-state index is -0.797. The molecule has 0 aliphatic carbocycles. The summed E-state index contributed by atoms with van der Waals surface area (Å²) in [4.78, 5) is 10.6. The third-order valence-corrected chi connectivity index (χ3v) is 1.91. The molecule has 3 nitrogen and oxygen atoms in total. The van der Waals surface area contributed by atoms with E-state index in [1.165, 1.54) is 0 Å². The van der Waals surface area contributed by atoms with Crippen molar-refractivity contribution >= 4 is 5.97 Å². The van der Waals surface area contributed by atoms with Crippen LogP contribution in [0, 0.1) is 5.92 Å². The van der Waals surface area contributed by atoms with Gasteiger partial charge in [0.05, 0.1) is 5.57 Å². The molecule has 1 rings (SSSR count). The van der Waals surface area contributed by atoms with Crippen LogP contribution in [0.5, 0.6) is 0 Å². The lowest BCUT2D eigenvalue weighted by Crippen LogP contribution is -2.32. The highest BCUT2D eigenvalue weighted by Crippen LogP contribution is 2.16. The number of carboxylic acid groups (broad SMARTS) is 1. The van der Waals surface area contributed by atoms with Crippen molar-refractivity contribution in [3.8, 4) is 0 Å². The summed E-state index contributed by atoms with van der Waals surface area (Å²) in [6, 6.07) is 0.0347. The summed E-state index contributed by atoms with van der Waals surface area (Å²) in [7, 11) is 0. The van der Waals surface area contributed by atoms with Gasteiger partial charge in [0.2, 0.25) is 0 Å². The quantitative estimate of drug-likeness (QED) is 0.614. The number of carbonyl (C=O) groups is 1. The maximum Gasteiger partial charge on any atom is 0.332 e. The van der Waals surface area contributed by atoms with Crippen molar-refractivity contribution in [2.24, 2.45) is 5.92 Å². The van der Waals surface area contributed by atoms with Crippen LogP contribution in [-0.2, 0) is 4.79 Å². The number of aliphatic carboxylic acids is 1. The summed E-state index contributed by atoms with van der Waals surface area (Å²) in [6.45, 7) is 4.71. The van der Waals surface area contributed by atoms with Crippen LogP contribution in [0.25, 0.3) is 0 Å². The lowest BCUT2D eigenvalue weighted by molar-refractivity contribution is -0.133. The minimum absolute atomic E-state index is 0.0347. The molecule has 0 saturated carbocycles. The summed E-state index contributed by atoms with van der Waals surface area (Å²) < 4.78 is 0. The first-order chi connectivity index (χ1) is 5.13. The molecule has 11 heavy (non-hydrogen) atoms. The van der Waals surface area contributed by atoms with Crippen molar-refractivity contribution in [2.45, 2.75) is 19.9 Å². The van der Waals surface area contributed by atoms with Gasteiger partial charge in [0.25, 0.3) is 0 Å². The number of carboxylic acids is 1. The van der Waals surface area contributed by atoms with Crippen molar-refractivity contribution in [1.82, 2.24) is 5.32 Å². The molecule has 0 radical (unpaired) electrons. The second-order valence-electron chi connectivity index (χ2n) is 3.09. The SMILES string of the molecule is CC(C)[C@@H]1NCC=C1C(=O)O. The molecular weight excluding hydrogens is 142 g/mol. The summed E-state index contributed by atoms with van der Waals surface area (Å²) in [6.07, 6.45) is 1.74. The zero-order chi connectivity index (χ0) is 8.43. The monoisotopic (exact) mass is 155 g/mol.